The minimum absolute atomic E-state index is 0.136. The number of hydrogen-bond acceptors (Lipinski definition) is 4. The number of ether oxygens (including phenoxy) is 1. The third-order valence-corrected chi connectivity index (χ3v) is 3.13. The van der Waals surface area contributed by atoms with E-state index in [2.05, 4.69) is 4.98 Å². The quantitative estimate of drug-likeness (QED) is 0.925. The maximum Gasteiger partial charge on any atom is 0.339 e. The molecule has 0 fully saturated rings. The van der Waals surface area contributed by atoms with Crippen molar-refractivity contribution >= 4 is 17.3 Å². The number of thiazole rings is 1. The standard InChI is InChI=1S/C12H10FNO3S/c1-7-6-18-11(14-7)5-17-10-3-2-8(13)4-9(10)12(15)16/h2-4,6H,5H2,1H3,(H,15,16). The number of rotatable bonds is 4. The maximum atomic E-state index is 12.9. The number of halogens is 1. The Bertz CT molecular complexity index is 582. The van der Waals surface area contributed by atoms with E-state index in [1.165, 1.54) is 17.4 Å². The molecule has 0 atom stereocenters. The van der Waals surface area contributed by atoms with Crippen molar-refractivity contribution in [3.63, 3.8) is 0 Å². The van der Waals surface area contributed by atoms with Gasteiger partial charge in [-0.2, -0.15) is 0 Å². The highest BCUT2D eigenvalue weighted by molar-refractivity contribution is 7.09. The zero-order valence-corrected chi connectivity index (χ0v) is 10.3. The van der Waals surface area contributed by atoms with E-state index in [1.807, 2.05) is 12.3 Å². The van der Waals surface area contributed by atoms with Crippen LogP contribution in [0.1, 0.15) is 21.1 Å². The molecule has 0 amide bonds. The number of nitrogens with zero attached hydrogens (tertiary/aromatic N) is 1. The summed E-state index contributed by atoms with van der Waals surface area (Å²) in [4.78, 5) is 15.1. The molecule has 0 saturated heterocycles. The second-order valence-electron chi connectivity index (χ2n) is 3.62. The summed E-state index contributed by atoms with van der Waals surface area (Å²) in [5, 5.41) is 11.6. The molecule has 0 bridgehead atoms. The van der Waals surface area contributed by atoms with Crippen LogP contribution < -0.4 is 4.74 Å². The van der Waals surface area contributed by atoms with Crippen LogP contribution in [0, 0.1) is 12.7 Å². The Morgan fingerprint density at radius 1 is 1.56 bits per heavy atom. The first-order valence-corrected chi connectivity index (χ1v) is 6.01. The predicted octanol–water partition coefficient (Wildman–Crippen LogP) is 2.87. The molecule has 1 aromatic carbocycles. The molecule has 2 aromatic rings. The van der Waals surface area contributed by atoms with Gasteiger partial charge in [0.15, 0.2) is 0 Å². The topological polar surface area (TPSA) is 59.4 Å². The molecule has 0 aliphatic carbocycles. The molecule has 18 heavy (non-hydrogen) atoms. The number of carboxylic acid groups (broad SMARTS) is 1. The van der Waals surface area contributed by atoms with E-state index in [-0.39, 0.29) is 17.9 Å². The van der Waals surface area contributed by atoms with Crippen LogP contribution in [0.2, 0.25) is 0 Å². The summed E-state index contributed by atoms with van der Waals surface area (Å²) in [6.45, 7) is 2.03. The Balaban J connectivity index is 2.16. The lowest BCUT2D eigenvalue weighted by atomic mass is 10.2. The lowest BCUT2D eigenvalue weighted by molar-refractivity contribution is 0.0691. The molecule has 0 spiro atoms. The highest BCUT2D eigenvalue weighted by atomic mass is 32.1. The van der Waals surface area contributed by atoms with Crippen LogP contribution in [0.25, 0.3) is 0 Å². The van der Waals surface area contributed by atoms with E-state index in [9.17, 15) is 9.18 Å². The fraction of sp³-hybridized carbons (Fsp3) is 0.167. The van der Waals surface area contributed by atoms with Crippen molar-refractivity contribution < 1.29 is 19.0 Å². The number of hydrogen-bond donors (Lipinski definition) is 1. The van der Waals surface area contributed by atoms with Crippen LogP contribution in [-0.4, -0.2) is 16.1 Å². The Morgan fingerprint density at radius 2 is 2.33 bits per heavy atom. The Kier molecular flexibility index (Phi) is 3.57. The van der Waals surface area contributed by atoms with E-state index < -0.39 is 11.8 Å². The monoisotopic (exact) mass is 267 g/mol. The number of carboxylic acids is 1. The van der Waals surface area contributed by atoms with Crippen LogP contribution in [0.5, 0.6) is 5.75 Å². The van der Waals surface area contributed by atoms with Crippen LogP contribution in [0.15, 0.2) is 23.6 Å². The first-order valence-electron chi connectivity index (χ1n) is 5.13. The molecule has 1 heterocycles. The summed E-state index contributed by atoms with van der Waals surface area (Å²) in [5.74, 6) is -1.69. The van der Waals surface area contributed by atoms with E-state index in [0.29, 0.717) is 0 Å². The summed E-state index contributed by atoms with van der Waals surface area (Å²) >= 11 is 1.43. The van der Waals surface area contributed by atoms with Gasteiger partial charge in [0.25, 0.3) is 0 Å². The first kappa shape index (κ1) is 12.5. The molecule has 0 aliphatic rings. The van der Waals surface area contributed by atoms with Gasteiger partial charge in [-0.05, 0) is 25.1 Å². The van der Waals surface area contributed by atoms with Crippen LogP contribution >= 0.6 is 11.3 Å². The van der Waals surface area contributed by atoms with Crippen molar-refractivity contribution in [2.24, 2.45) is 0 Å². The van der Waals surface area contributed by atoms with Crippen LogP contribution in [0.3, 0.4) is 0 Å². The van der Waals surface area contributed by atoms with Gasteiger partial charge in [-0.15, -0.1) is 11.3 Å². The summed E-state index contributed by atoms with van der Waals surface area (Å²) in [6, 6.07) is 3.40. The van der Waals surface area contributed by atoms with Gasteiger partial charge in [0.05, 0.1) is 0 Å². The SMILES string of the molecule is Cc1csc(COc2ccc(F)cc2C(=O)O)n1. The van der Waals surface area contributed by atoms with Gasteiger partial charge in [0, 0.05) is 11.1 Å². The first-order chi connectivity index (χ1) is 8.56. The third-order valence-electron chi connectivity index (χ3n) is 2.19. The number of aromatic nitrogens is 1. The minimum Gasteiger partial charge on any atom is -0.486 e. The molecule has 2 rings (SSSR count). The Labute approximate surface area is 107 Å². The predicted molar refractivity (Wildman–Crippen MR) is 64.5 cm³/mol. The average molecular weight is 267 g/mol. The van der Waals surface area contributed by atoms with Crippen molar-refractivity contribution in [2.45, 2.75) is 13.5 Å². The molecule has 0 aliphatic heterocycles. The van der Waals surface area contributed by atoms with Gasteiger partial charge in [-0.1, -0.05) is 0 Å². The number of benzene rings is 1. The zero-order chi connectivity index (χ0) is 13.1. The second kappa shape index (κ2) is 5.14. The second-order valence-corrected chi connectivity index (χ2v) is 4.56. The van der Waals surface area contributed by atoms with Gasteiger partial charge < -0.3 is 9.84 Å². The average Bonchev–Trinajstić information content (AvgIpc) is 2.73. The highest BCUT2D eigenvalue weighted by Crippen LogP contribution is 2.21. The number of aromatic carboxylic acids is 1. The lowest BCUT2D eigenvalue weighted by Crippen LogP contribution is -2.04. The maximum absolute atomic E-state index is 12.9. The van der Waals surface area contributed by atoms with Gasteiger partial charge in [-0.3, -0.25) is 0 Å². The van der Waals surface area contributed by atoms with Crippen LogP contribution in [0.4, 0.5) is 4.39 Å². The molecule has 94 valence electrons. The molecule has 4 nitrogen and oxygen atoms in total. The molecule has 0 radical (unpaired) electrons. The van der Waals surface area contributed by atoms with E-state index in [4.69, 9.17) is 9.84 Å². The van der Waals surface area contributed by atoms with Crippen molar-refractivity contribution in [3.8, 4) is 5.75 Å². The molecular weight excluding hydrogens is 257 g/mol. The zero-order valence-electron chi connectivity index (χ0n) is 9.51. The normalized spacial score (nSPS) is 10.3. The Morgan fingerprint density at radius 3 is 2.94 bits per heavy atom. The fourth-order valence-corrected chi connectivity index (χ4v) is 2.09. The van der Waals surface area contributed by atoms with E-state index >= 15 is 0 Å². The van der Waals surface area contributed by atoms with Crippen molar-refractivity contribution in [2.75, 3.05) is 0 Å². The van der Waals surface area contributed by atoms with Gasteiger partial charge in [0.2, 0.25) is 0 Å². The van der Waals surface area contributed by atoms with Crippen molar-refractivity contribution in [1.82, 2.24) is 4.98 Å². The van der Waals surface area contributed by atoms with E-state index in [0.717, 1.165) is 22.8 Å². The molecule has 0 saturated carbocycles. The van der Waals surface area contributed by atoms with Crippen molar-refractivity contribution in [3.05, 3.63) is 45.7 Å². The van der Waals surface area contributed by atoms with E-state index in [1.54, 1.807) is 0 Å². The summed E-state index contributed by atoms with van der Waals surface area (Å²) in [6.07, 6.45) is 0. The molecule has 6 heteroatoms. The summed E-state index contributed by atoms with van der Waals surface area (Å²) in [7, 11) is 0. The Hall–Kier alpha value is -1.95. The largest absolute Gasteiger partial charge is 0.486 e. The van der Waals surface area contributed by atoms with Crippen LogP contribution in [-0.2, 0) is 6.61 Å². The third kappa shape index (κ3) is 2.84. The molecular formula is C12H10FNO3S. The number of aryl methyl sites for hydroxylation is 1. The van der Waals surface area contributed by atoms with Gasteiger partial charge >= 0.3 is 5.97 Å². The highest BCUT2D eigenvalue weighted by Gasteiger charge is 2.13. The molecule has 1 aromatic heterocycles. The lowest BCUT2D eigenvalue weighted by Gasteiger charge is -2.07. The van der Waals surface area contributed by atoms with Crippen molar-refractivity contribution in [1.29, 1.82) is 0 Å². The summed E-state index contributed by atoms with van der Waals surface area (Å²) in [5.41, 5.74) is 0.694. The fourth-order valence-electron chi connectivity index (χ4n) is 1.40. The van der Waals surface area contributed by atoms with Gasteiger partial charge in [0.1, 0.15) is 28.7 Å². The smallest absolute Gasteiger partial charge is 0.339 e. The molecule has 0 unspecified atom stereocenters. The number of carbonyl (C=O) groups is 1. The summed E-state index contributed by atoms with van der Waals surface area (Å²) < 4.78 is 18.3. The molecule has 1 N–H and O–H groups in total. The van der Waals surface area contributed by atoms with Gasteiger partial charge in [-0.25, -0.2) is 14.2 Å². The minimum atomic E-state index is -1.22.